The first-order valence-corrected chi connectivity index (χ1v) is 7.61. The molecule has 0 aromatic heterocycles. The number of hydrogen-bond acceptors (Lipinski definition) is 3. The number of nitrogens with two attached hydrogens (primary N) is 1. The lowest BCUT2D eigenvalue weighted by atomic mass is 9.98. The van der Waals surface area contributed by atoms with E-state index in [2.05, 4.69) is 47.9 Å². The molecule has 1 heterocycles. The standard InChI is InChI=1S/C18H22N2O/c19-20-16(11-6-9-14-7-2-1-3-8-14)18-13-15-10-4-5-12-17(15)21-18/h1-5,7-8,10,12,16,18,20H,6,9,11,13,19H2. The van der Waals surface area contributed by atoms with E-state index in [1.807, 2.05) is 12.1 Å². The van der Waals surface area contributed by atoms with Crippen LogP contribution in [0.5, 0.6) is 5.75 Å². The SMILES string of the molecule is NNC(CCCc1ccccc1)C1Cc2ccccc2O1. The van der Waals surface area contributed by atoms with Crippen LogP contribution in [-0.2, 0) is 12.8 Å². The van der Waals surface area contributed by atoms with Gasteiger partial charge in [-0.25, -0.2) is 0 Å². The van der Waals surface area contributed by atoms with Gasteiger partial charge in [-0.15, -0.1) is 0 Å². The predicted molar refractivity (Wildman–Crippen MR) is 85.1 cm³/mol. The molecule has 1 aliphatic heterocycles. The number of aryl methyl sites for hydroxylation is 1. The summed E-state index contributed by atoms with van der Waals surface area (Å²) in [4.78, 5) is 0. The van der Waals surface area contributed by atoms with Crippen LogP contribution < -0.4 is 16.0 Å². The van der Waals surface area contributed by atoms with Gasteiger partial charge in [-0.1, -0.05) is 48.5 Å². The third kappa shape index (κ3) is 3.43. The molecule has 3 N–H and O–H groups in total. The van der Waals surface area contributed by atoms with E-state index in [9.17, 15) is 0 Å². The number of fused-ring (bicyclic) bond motifs is 1. The number of hydrazine groups is 1. The summed E-state index contributed by atoms with van der Waals surface area (Å²) in [5.74, 6) is 6.74. The Balaban J connectivity index is 1.52. The molecule has 3 heteroatoms. The van der Waals surface area contributed by atoms with E-state index in [4.69, 9.17) is 10.6 Å². The van der Waals surface area contributed by atoms with E-state index in [1.165, 1.54) is 11.1 Å². The maximum absolute atomic E-state index is 6.02. The van der Waals surface area contributed by atoms with Crippen LogP contribution in [0.1, 0.15) is 24.0 Å². The Labute approximate surface area is 126 Å². The molecule has 1 aliphatic rings. The van der Waals surface area contributed by atoms with Crippen LogP contribution in [0.15, 0.2) is 54.6 Å². The van der Waals surface area contributed by atoms with Crippen LogP contribution in [0.2, 0.25) is 0 Å². The highest BCUT2D eigenvalue weighted by Gasteiger charge is 2.29. The summed E-state index contributed by atoms with van der Waals surface area (Å²) in [6.07, 6.45) is 4.29. The lowest BCUT2D eigenvalue weighted by molar-refractivity contribution is 0.171. The molecular formula is C18H22N2O. The molecule has 0 radical (unpaired) electrons. The predicted octanol–water partition coefficient (Wildman–Crippen LogP) is 2.84. The molecule has 0 aliphatic carbocycles. The molecule has 2 aromatic carbocycles. The Kier molecular flexibility index (Phi) is 4.53. The number of nitrogens with one attached hydrogen (secondary N) is 1. The fraction of sp³-hybridized carbons (Fsp3) is 0.333. The van der Waals surface area contributed by atoms with Gasteiger partial charge in [0, 0.05) is 6.42 Å². The molecule has 110 valence electrons. The minimum Gasteiger partial charge on any atom is -0.488 e. The van der Waals surface area contributed by atoms with Gasteiger partial charge in [0.05, 0.1) is 6.04 Å². The molecule has 0 fully saturated rings. The molecule has 3 rings (SSSR count). The number of para-hydroxylation sites is 1. The summed E-state index contributed by atoms with van der Waals surface area (Å²) in [6.45, 7) is 0. The van der Waals surface area contributed by atoms with Gasteiger partial charge < -0.3 is 4.74 Å². The Hall–Kier alpha value is -1.84. The second kappa shape index (κ2) is 6.74. The topological polar surface area (TPSA) is 47.3 Å². The Bertz CT molecular complexity index is 545. The fourth-order valence-electron chi connectivity index (χ4n) is 2.98. The van der Waals surface area contributed by atoms with Crippen LogP contribution in [0, 0.1) is 0 Å². The number of ether oxygens (including phenoxy) is 1. The quantitative estimate of drug-likeness (QED) is 0.632. The summed E-state index contributed by atoms with van der Waals surface area (Å²) >= 11 is 0. The van der Waals surface area contributed by atoms with Crippen LogP contribution in [0.3, 0.4) is 0 Å². The minimum absolute atomic E-state index is 0.142. The Morgan fingerprint density at radius 3 is 2.62 bits per heavy atom. The van der Waals surface area contributed by atoms with Crippen LogP contribution in [0.25, 0.3) is 0 Å². The lowest BCUT2D eigenvalue weighted by Crippen LogP contribution is -2.46. The molecule has 3 nitrogen and oxygen atoms in total. The van der Waals surface area contributed by atoms with Gasteiger partial charge in [0.2, 0.25) is 0 Å². The zero-order valence-corrected chi connectivity index (χ0v) is 12.2. The van der Waals surface area contributed by atoms with Crippen molar-refractivity contribution < 1.29 is 4.74 Å². The molecule has 21 heavy (non-hydrogen) atoms. The molecule has 0 bridgehead atoms. The van der Waals surface area contributed by atoms with Crippen molar-refractivity contribution in [1.29, 1.82) is 0 Å². The van der Waals surface area contributed by atoms with Gasteiger partial charge in [-0.3, -0.25) is 11.3 Å². The van der Waals surface area contributed by atoms with Crippen molar-refractivity contribution in [2.45, 2.75) is 37.8 Å². The third-order valence-corrected chi connectivity index (χ3v) is 4.16. The summed E-state index contributed by atoms with van der Waals surface area (Å²) in [6, 6.07) is 19.0. The normalized spacial score (nSPS) is 18.0. The lowest BCUT2D eigenvalue weighted by Gasteiger charge is -2.22. The minimum atomic E-state index is 0.142. The molecule has 0 amide bonds. The van der Waals surface area contributed by atoms with E-state index in [0.717, 1.165) is 31.4 Å². The maximum atomic E-state index is 6.02. The summed E-state index contributed by atoms with van der Waals surface area (Å²) in [7, 11) is 0. The Morgan fingerprint density at radius 1 is 1.10 bits per heavy atom. The van der Waals surface area contributed by atoms with Crippen LogP contribution in [0.4, 0.5) is 0 Å². The van der Waals surface area contributed by atoms with Crippen molar-refractivity contribution >= 4 is 0 Å². The molecule has 0 saturated carbocycles. The van der Waals surface area contributed by atoms with Crippen molar-refractivity contribution in [1.82, 2.24) is 5.43 Å². The molecule has 0 saturated heterocycles. The molecule has 2 unspecified atom stereocenters. The highest BCUT2D eigenvalue weighted by Crippen LogP contribution is 2.30. The van der Waals surface area contributed by atoms with Crippen molar-refractivity contribution in [3.63, 3.8) is 0 Å². The molecule has 0 spiro atoms. The third-order valence-electron chi connectivity index (χ3n) is 4.16. The largest absolute Gasteiger partial charge is 0.488 e. The highest BCUT2D eigenvalue weighted by molar-refractivity contribution is 5.37. The van der Waals surface area contributed by atoms with Crippen LogP contribution >= 0.6 is 0 Å². The Morgan fingerprint density at radius 2 is 1.86 bits per heavy atom. The van der Waals surface area contributed by atoms with Crippen molar-refractivity contribution in [2.24, 2.45) is 5.84 Å². The number of hydrogen-bond donors (Lipinski definition) is 2. The monoisotopic (exact) mass is 282 g/mol. The van der Waals surface area contributed by atoms with Gasteiger partial charge >= 0.3 is 0 Å². The first-order chi connectivity index (χ1) is 10.4. The molecule has 2 atom stereocenters. The number of benzene rings is 2. The van der Waals surface area contributed by atoms with E-state index in [1.54, 1.807) is 0 Å². The molecule has 2 aromatic rings. The van der Waals surface area contributed by atoms with Gasteiger partial charge in [-0.05, 0) is 36.5 Å². The molecular weight excluding hydrogens is 260 g/mol. The summed E-state index contributed by atoms with van der Waals surface area (Å²) in [5, 5.41) is 0. The van der Waals surface area contributed by atoms with E-state index in [-0.39, 0.29) is 12.1 Å². The average molecular weight is 282 g/mol. The fourth-order valence-corrected chi connectivity index (χ4v) is 2.98. The van der Waals surface area contributed by atoms with E-state index >= 15 is 0 Å². The van der Waals surface area contributed by atoms with Crippen molar-refractivity contribution in [2.75, 3.05) is 0 Å². The van der Waals surface area contributed by atoms with Crippen LogP contribution in [-0.4, -0.2) is 12.1 Å². The smallest absolute Gasteiger partial charge is 0.123 e. The number of rotatable bonds is 6. The average Bonchev–Trinajstić information content (AvgIpc) is 2.96. The first kappa shape index (κ1) is 14.1. The van der Waals surface area contributed by atoms with Crippen molar-refractivity contribution in [3.8, 4) is 5.75 Å². The second-order valence-corrected chi connectivity index (χ2v) is 5.62. The first-order valence-electron chi connectivity index (χ1n) is 7.61. The van der Waals surface area contributed by atoms with Gasteiger partial charge in [0.15, 0.2) is 0 Å². The zero-order valence-electron chi connectivity index (χ0n) is 12.2. The van der Waals surface area contributed by atoms with Gasteiger partial charge in [-0.2, -0.15) is 0 Å². The van der Waals surface area contributed by atoms with Gasteiger partial charge in [0.1, 0.15) is 11.9 Å². The summed E-state index contributed by atoms with van der Waals surface area (Å²) in [5.41, 5.74) is 5.60. The van der Waals surface area contributed by atoms with Gasteiger partial charge in [0.25, 0.3) is 0 Å². The maximum Gasteiger partial charge on any atom is 0.123 e. The second-order valence-electron chi connectivity index (χ2n) is 5.62. The highest BCUT2D eigenvalue weighted by atomic mass is 16.5. The summed E-state index contributed by atoms with van der Waals surface area (Å²) < 4.78 is 6.02. The van der Waals surface area contributed by atoms with E-state index in [0.29, 0.717) is 0 Å². The zero-order chi connectivity index (χ0) is 14.5. The van der Waals surface area contributed by atoms with Crippen molar-refractivity contribution in [3.05, 3.63) is 65.7 Å². The van der Waals surface area contributed by atoms with E-state index < -0.39 is 0 Å².